The van der Waals surface area contributed by atoms with Crippen LogP contribution in [-0.2, 0) is 0 Å². The summed E-state index contributed by atoms with van der Waals surface area (Å²) < 4.78 is 2.34. The van der Waals surface area contributed by atoms with E-state index in [9.17, 15) is 5.26 Å². The van der Waals surface area contributed by atoms with Crippen LogP contribution in [0, 0.1) is 11.3 Å². The molecule has 0 fully saturated rings. The second-order valence-corrected chi connectivity index (χ2v) is 12.5. The largest absolute Gasteiger partial charge is 0.308 e. The molecular formula is C47H30N4. The number of fused-ring (bicyclic) bond motifs is 3. The van der Waals surface area contributed by atoms with Crippen LogP contribution in [0.15, 0.2) is 182 Å². The molecule has 0 aliphatic carbocycles. The second kappa shape index (κ2) is 12.7. The average Bonchev–Trinajstić information content (AvgIpc) is 3.55. The van der Waals surface area contributed by atoms with Crippen LogP contribution in [0.3, 0.4) is 0 Å². The molecule has 0 saturated heterocycles. The van der Waals surface area contributed by atoms with Crippen molar-refractivity contribution in [1.82, 2.24) is 14.5 Å². The minimum absolute atomic E-state index is 0.443. The van der Waals surface area contributed by atoms with Crippen molar-refractivity contribution in [2.45, 2.75) is 0 Å². The first kappa shape index (κ1) is 30.0. The van der Waals surface area contributed by atoms with Gasteiger partial charge in [0, 0.05) is 27.5 Å². The molecule has 4 nitrogen and oxygen atoms in total. The third-order valence-electron chi connectivity index (χ3n) is 9.48. The van der Waals surface area contributed by atoms with Crippen molar-refractivity contribution in [3.05, 3.63) is 188 Å². The lowest BCUT2D eigenvalue weighted by Gasteiger charge is -2.20. The Bertz CT molecular complexity index is 2610. The molecular weight excluding hydrogens is 621 g/mol. The maximum Gasteiger partial charge on any atom is 0.162 e. The molecule has 0 bridgehead atoms. The summed E-state index contributed by atoms with van der Waals surface area (Å²) in [5, 5.41) is 13.0. The molecule has 0 aliphatic rings. The van der Waals surface area contributed by atoms with Crippen molar-refractivity contribution >= 4 is 21.8 Å². The zero-order chi connectivity index (χ0) is 34.1. The number of aromatic nitrogens is 3. The van der Waals surface area contributed by atoms with Gasteiger partial charge in [-0.3, -0.25) is 0 Å². The number of rotatable bonds is 6. The Morgan fingerprint density at radius 1 is 0.412 bits per heavy atom. The van der Waals surface area contributed by atoms with Gasteiger partial charge in [0.15, 0.2) is 5.82 Å². The Labute approximate surface area is 296 Å². The Morgan fingerprint density at radius 2 is 0.804 bits per heavy atom. The third-order valence-corrected chi connectivity index (χ3v) is 9.48. The van der Waals surface area contributed by atoms with Crippen molar-refractivity contribution < 1.29 is 0 Å². The van der Waals surface area contributed by atoms with Gasteiger partial charge in [-0.05, 0) is 46.5 Å². The first-order chi connectivity index (χ1) is 25.3. The fourth-order valence-corrected chi connectivity index (χ4v) is 7.14. The van der Waals surface area contributed by atoms with Gasteiger partial charge < -0.3 is 4.57 Å². The summed E-state index contributed by atoms with van der Waals surface area (Å²) in [7, 11) is 0. The van der Waals surface area contributed by atoms with Gasteiger partial charge in [0.1, 0.15) is 11.6 Å². The summed E-state index contributed by atoms with van der Waals surface area (Å²) in [6.07, 6.45) is 0. The third kappa shape index (κ3) is 5.25. The Morgan fingerprint density at radius 3 is 1.25 bits per heavy atom. The SMILES string of the molecule is N#Cc1c(-c2ccccc2)nc(-c2cc(-c3ccccc3)c(-c3ccccc3)cc2-n2c3ccccc3c3ccccc32)nc1-c1ccccc1. The van der Waals surface area contributed by atoms with Crippen LogP contribution in [-0.4, -0.2) is 14.5 Å². The van der Waals surface area contributed by atoms with E-state index in [1.54, 1.807) is 0 Å². The van der Waals surface area contributed by atoms with Crippen LogP contribution >= 0.6 is 0 Å². The normalized spacial score (nSPS) is 11.1. The summed E-state index contributed by atoms with van der Waals surface area (Å²) in [4.78, 5) is 10.6. The van der Waals surface area contributed by atoms with Crippen LogP contribution in [0.2, 0.25) is 0 Å². The average molecular weight is 651 g/mol. The van der Waals surface area contributed by atoms with Gasteiger partial charge in [0.05, 0.1) is 28.1 Å². The minimum Gasteiger partial charge on any atom is -0.308 e. The summed E-state index contributed by atoms with van der Waals surface area (Å²) in [6, 6.07) is 65.0. The molecule has 0 spiro atoms. The second-order valence-electron chi connectivity index (χ2n) is 12.5. The summed E-state index contributed by atoms with van der Waals surface area (Å²) in [6.45, 7) is 0. The lowest BCUT2D eigenvalue weighted by atomic mass is 9.91. The lowest BCUT2D eigenvalue weighted by molar-refractivity contribution is 1.13. The highest BCUT2D eigenvalue weighted by Crippen LogP contribution is 2.43. The zero-order valence-corrected chi connectivity index (χ0v) is 27.6. The van der Waals surface area contributed by atoms with Crippen LogP contribution < -0.4 is 0 Å². The topological polar surface area (TPSA) is 54.5 Å². The summed E-state index contributed by atoms with van der Waals surface area (Å²) in [5.74, 6) is 0.542. The first-order valence-corrected chi connectivity index (χ1v) is 17.0. The van der Waals surface area contributed by atoms with E-state index < -0.39 is 0 Å². The van der Waals surface area contributed by atoms with Gasteiger partial charge >= 0.3 is 0 Å². The molecule has 2 aromatic heterocycles. The molecule has 0 amide bonds. The van der Waals surface area contributed by atoms with Crippen molar-refractivity contribution in [2.75, 3.05) is 0 Å². The van der Waals surface area contributed by atoms with E-state index in [1.807, 2.05) is 66.7 Å². The van der Waals surface area contributed by atoms with Gasteiger partial charge in [-0.1, -0.05) is 158 Å². The van der Waals surface area contributed by atoms with E-state index >= 15 is 0 Å². The molecule has 2 heterocycles. The molecule has 0 atom stereocenters. The van der Waals surface area contributed by atoms with Gasteiger partial charge in [0.25, 0.3) is 0 Å². The number of nitrogens with zero attached hydrogens (tertiary/aromatic N) is 4. The molecule has 0 aliphatic heterocycles. The van der Waals surface area contributed by atoms with E-state index in [2.05, 4.69) is 126 Å². The minimum atomic E-state index is 0.443. The molecule has 238 valence electrons. The maximum absolute atomic E-state index is 10.6. The van der Waals surface area contributed by atoms with Crippen molar-refractivity contribution in [1.29, 1.82) is 5.26 Å². The van der Waals surface area contributed by atoms with E-state index in [4.69, 9.17) is 9.97 Å². The molecule has 0 saturated carbocycles. The van der Waals surface area contributed by atoms with Crippen molar-refractivity contribution in [3.63, 3.8) is 0 Å². The number of nitriles is 1. The van der Waals surface area contributed by atoms with Gasteiger partial charge in [-0.15, -0.1) is 0 Å². The number of benzene rings is 7. The van der Waals surface area contributed by atoms with E-state index in [-0.39, 0.29) is 0 Å². The lowest BCUT2D eigenvalue weighted by Crippen LogP contribution is -2.05. The van der Waals surface area contributed by atoms with Gasteiger partial charge in [-0.2, -0.15) is 5.26 Å². The highest BCUT2D eigenvalue weighted by atomic mass is 15.0. The Balaban J connectivity index is 1.46. The van der Waals surface area contributed by atoms with E-state index in [1.165, 1.54) is 10.8 Å². The standard InChI is InChI=1S/C47H30N4/c48-31-41-45(34-21-9-3-10-22-34)49-47(50-46(41)35-23-11-4-12-24-35)40-29-38(32-17-5-1-6-18-32)39(33-19-7-2-8-20-33)30-44(40)51-42-27-15-13-25-36(42)37-26-14-16-28-43(37)51/h1-30H. The number of para-hydroxylation sites is 2. The Kier molecular flexibility index (Phi) is 7.50. The van der Waals surface area contributed by atoms with Crippen LogP contribution in [0.5, 0.6) is 0 Å². The number of hydrogen-bond acceptors (Lipinski definition) is 3. The highest BCUT2D eigenvalue weighted by molar-refractivity contribution is 6.10. The van der Waals surface area contributed by atoms with Crippen LogP contribution in [0.1, 0.15) is 5.56 Å². The molecule has 51 heavy (non-hydrogen) atoms. The van der Waals surface area contributed by atoms with Gasteiger partial charge in [-0.25, -0.2) is 9.97 Å². The fourth-order valence-electron chi connectivity index (χ4n) is 7.14. The van der Waals surface area contributed by atoms with E-state index in [0.717, 1.165) is 55.7 Å². The smallest absolute Gasteiger partial charge is 0.162 e. The highest BCUT2D eigenvalue weighted by Gasteiger charge is 2.24. The fraction of sp³-hybridized carbons (Fsp3) is 0. The molecule has 0 radical (unpaired) electrons. The molecule has 0 unspecified atom stereocenters. The zero-order valence-electron chi connectivity index (χ0n) is 27.6. The molecule has 9 rings (SSSR count). The molecule has 7 aromatic carbocycles. The molecule has 9 aromatic rings. The van der Waals surface area contributed by atoms with Crippen molar-refractivity contribution in [2.24, 2.45) is 0 Å². The van der Waals surface area contributed by atoms with Crippen molar-refractivity contribution in [3.8, 4) is 67.9 Å². The summed E-state index contributed by atoms with van der Waals surface area (Å²) in [5.41, 5.74) is 11.7. The Hall–Kier alpha value is -7.09. The molecule has 0 N–H and O–H groups in total. The monoisotopic (exact) mass is 650 g/mol. The van der Waals surface area contributed by atoms with E-state index in [0.29, 0.717) is 22.8 Å². The predicted molar refractivity (Wildman–Crippen MR) is 208 cm³/mol. The van der Waals surface area contributed by atoms with Gasteiger partial charge in [0.2, 0.25) is 0 Å². The first-order valence-electron chi connectivity index (χ1n) is 17.0. The van der Waals surface area contributed by atoms with Crippen LogP contribution in [0.25, 0.3) is 83.6 Å². The predicted octanol–water partition coefficient (Wildman–Crippen LogP) is 11.8. The van der Waals surface area contributed by atoms with Crippen LogP contribution in [0.4, 0.5) is 0 Å². The maximum atomic E-state index is 10.6. The molecule has 4 heteroatoms. The number of hydrogen-bond donors (Lipinski definition) is 0. The summed E-state index contributed by atoms with van der Waals surface area (Å²) >= 11 is 0. The quantitative estimate of drug-likeness (QED) is 0.180.